The second-order valence-electron chi connectivity index (χ2n) is 3.17. The van der Waals surface area contributed by atoms with Crippen molar-refractivity contribution in [2.45, 2.75) is 13.8 Å². The SMILES string of the molecule is C/C=C\C=C(/C)C=Nc1ccc(F)cc1. The van der Waals surface area contributed by atoms with Crippen LogP contribution in [0.2, 0.25) is 0 Å². The van der Waals surface area contributed by atoms with E-state index in [1.54, 1.807) is 18.3 Å². The summed E-state index contributed by atoms with van der Waals surface area (Å²) in [4.78, 5) is 4.21. The molecule has 0 aromatic heterocycles. The van der Waals surface area contributed by atoms with Gasteiger partial charge < -0.3 is 0 Å². The summed E-state index contributed by atoms with van der Waals surface area (Å²) >= 11 is 0. The van der Waals surface area contributed by atoms with Gasteiger partial charge in [0, 0.05) is 6.21 Å². The van der Waals surface area contributed by atoms with E-state index < -0.39 is 0 Å². The zero-order valence-corrected chi connectivity index (χ0v) is 8.94. The molecule has 0 bridgehead atoms. The minimum absolute atomic E-state index is 0.241. The van der Waals surface area contributed by atoms with Crippen LogP contribution >= 0.6 is 0 Å². The van der Waals surface area contributed by atoms with Crippen molar-refractivity contribution in [2.75, 3.05) is 0 Å². The average Bonchev–Trinajstić information content (AvgIpc) is 2.25. The second-order valence-corrected chi connectivity index (χ2v) is 3.17. The lowest BCUT2D eigenvalue weighted by atomic mass is 10.3. The quantitative estimate of drug-likeness (QED) is 0.519. The molecule has 0 radical (unpaired) electrons. The Bertz CT molecular complexity index is 386. The molecule has 1 nitrogen and oxygen atoms in total. The van der Waals surface area contributed by atoms with Gasteiger partial charge in [-0.3, -0.25) is 4.99 Å². The Hall–Kier alpha value is -1.70. The summed E-state index contributed by atoms with van der Waals surface area (Å²) in [5.74, 6) is -0.241. The maximum absolute atomic E-state index is 12.6. The lowest BCUT2D eigenvalue weighted by Crippen LogP contribution is -1.76. The third kappa shape index (κ3) is 4.36. The molecule has 0 saturated carbocycles. The van der Waals surface area contributed by atoms with E-state index in [0.717, 1.165) is 11.3 Å². The second kappa shape index (κ2) is 5.91. The zero-order valence-electron chi connectivity index (χ0n) is 8.94. The van der Waals surface area contributed by atoms with Crippen LogP contribution in [0.3, 0.4) is 0 Å². The molecule has 0 aliphatic carbocycles. The number of nitrogens with zero attached hydrogens (tertiary/aromatic N) is 1. The van der Waals surface area contributed by atoms with Gasteiger partial charge in [0.1, 0.15) is 5.82 Å². The minimum atomic E-state index is -0.241. The highest BCUT2D eigenvalue weighted by Gasteiger charge is 1.89. The van der Waals surface area contributed by atoms with Gasteiger partial charge in [-0.1, -0.05) is 18.2 Å². The Morgan fingerprint density at radius 3 is 2.53 bits per heavy atom. The number of halogens is 1. The van der Waals surface area contributed by atoms with Crippen molar-refractivity contribution < 1.29 is 4.39 Å². The molecule has 0 atom stereocenters. The molecule has 0 aliphatic heterocycles. The van der Waals surface area contributed by atoms with Crippen molar-refractivity contribution in [1.82, 2.24) is 0 Å². The van der Waals surface area contributed by atoms with Gasteiger partial charge in [0.2, 0.25) is 0 Å². The molecule has 0 N–H and O–H groups in total. The number of allylic oxidation sites excluding steroid dienone is 4. The highest BCUT2D eigenvalue weighted by Crippen LogP contribution is 2.11. The molecule has 0 heterocycles. The fraction of sp³-hybridized carbons (Fsp3) is 0.154. The first-order valence-corrected chi connectivity index (χ1v) is 4.81. The number of rotatable bonds is 3. The van der Waals surface area contributed by atoms with E-state index in [0.29, 0.717) is 0 Å². The van der Waals surface area contributed by atoms with Crippen LogP contribution < -0.4 is 0 Å². The standard InChI is InChI=1S/C13H14FN/c1-3-4-5-11(2)10-15-13-8-6-12(14)7-9-13/h3-10H,1-2H3/b4-3-,11-5+,15-10?. The molecule has 0 aliphatic rings. The van der Waals surface area contributed by atoms with Crippen molar-refractivity contribution in [3.8, 4) is 0 Å². The molecule has 0 saturated heterocycles. The molecule has 2 heteroatoms. The van der Waals surface area contributed by atoms with Crippen molar-refractivity contribution in [3.63, 3.8) is 0 Å². The van der Waals surface area contributed by atoms with E-state index in [4.69, 9.17) is 0 Å². The predicted octanol–water partition coefficient (Wildman–Crippen LogP) is 4.05. The molecule has 1 aromatic rings. The van der Waals surface area contributed by atoms with E-state index in [1.165, 1.54) is 12.1 Å². The summed E-state index contributed by atoms with van der Waals surface area (Å²) in [6, 6.07) is 6.10. The maximum atomic E-state index is 12.6. The fourth-order valence-corrected chi connectivity index (χ4v) is 0.995. The molecule has 0 unspecified atom stereocenters. The Labute approximate surface area is 89.7 Å². The van der Waals surface area contributed by atoms with Crippen LogP contribution in [0.4, 0.5) is 10.1 Å². The third-order valence-corrected chi connectivity index (χ3v) is 1.80. The van der Waals surface area contributed by atoms with Crippen LogP contribution in [0.15, 0.2) is 53.1 Å². The van der Waals surface area contributed by atoms with E-state index in [-0.39, 0.29) is 5.82 Å². The first kappa shape index (κ1) is 11.4. The fourth-order valence-electron chi connectivity index (χ4n) is 0.995. The number of aliphatic imine (C=N–C) groups is 1. The normalized spacial score (nSPS) is 12.9. The number of hydrogen-bond donors (Lipinski definition) is 0. The number of hydrogen-bond acceptors (Lipinski definition) is 1. The zero-order chi connectivity index (χ0) is 11.1. The largest absolute Gasteiger partial charge is 0.257 e. The average molecular weight is 203 g/mol. The molecule has 1 rings (SSSR count). The number of benzene rings is 1. The highest BCUT2D eigenvalue weighted by molar-refractivity contribution is 5.80. The van der Waals surface area contributed by atoms with Gasteiger partial charge in [-0.2, -0.15) is 0 Å². The van der Waals surface area contributed by atoms with Crippen LogP contribution in [0.5, 0.6) is 0 Å². The highest BCUT2D eigenvalue weighted by atomic mass is 19.1. The molecule has 0 fully saturated rings. The van der Waals surface area contributed by atoms with Gasteiger partial charge in [-0.05, 0) is 43.7 Å². The van der Waals surface area contributed by atoms with Crippen molar-refractivity contribution >= 4 is 11.9 Å². The van der Waals surface area contributed by atoms with E-state index in [1.807, 2.05) is 32.1 Å². The molecule has 1 aromatic carbocycles. The summed E-state index contributed by atoms with van der Waals surface area (Å²) < 4.78 is 12.6. The molecule has 0 spiro atoms. The Morgan fingerprint density at radius 2 is 1.93 bits per heavy atom. The van der Waals surface area contributed by atoms with Crippen molar-refractivity contribution in [1.29, 1.82) is 0 Å². The Kier molecular flexibility index (Phi) is 4.48. The van der Waals surface area contributed by atoms with E-state index >= 15 is 0 Å². The van der Waals surface area contributed by atoms with Crippen LogP contribution in [0.25, 0.3) is 0 Å². The lowest BCUT2D eigenvalue weighted by Gasteiger charge is -1.93. The van der Waals surface area contributed by atoms with E-state index in [9.17, 15) is 4.39 Å². The minimum Gasteiger partial charge on any atom is -0.257 e. The van der Waals surface area contributed by atoms with Crippen molar-refractivity contribution in [2.24, 2.45) is 4.99 Å². The first-order valence-electron chi connectivity index (χ1n) is 4.81. The smallest absolute Gasteiger partial charge is 0.123 e. The van der Waals surface area contributed by atoms with Gasteiger partial charge in [0.05, 0.1) is 5.69 Å². The molecule has 15 heavy (non-hydrogen) atoms. The molecule has 0 amide bonds. The molecular formula is C13H14FN. The Balaban J connectivity index is 2.69. The van der Waals surface area contributed by atoms with Gasteiger partial charge in [-0.25, -0.2) is 4.39 Å². The summed E-state index contributed by atoms with van der Waals surface area (Å²) in [5.41, 5.74) is 1.81. The summed E-state index contributed by atoms with van der Waals surface area (Å²) in [5, 5.41) is 0. The predicted molar refractivity (Wildman–Crippen MR) is 63.1 cm³/mol. The third-order valence-electron chi connectivity index (χ3n) is 1.80. The van der Waals surface area contributed by atoms with Gasteiger partial charge in [0.25, 0.3) is 0 Å². The van der Waals surface area contributed by atoms with Gasteiger partial charge in [-0.15, -0.1) is 0 Å². The first-order chi connectivity index (χ1) is 7.22. The summed E-state index contributed by atoms with van der Waals surface area (Å²) in [7, 11) is 0. The van der Waals surface area contributed by atoms with Crippen molar-refractivity contribution in [3.05, 3.63) is 53.9 Å². The lowest BCUT2D eigenvalue weighted by molar-refractivity contribution is 0.628. The molecule has 78 valence electrons. The Morgan fingerprint density at radius 1 is 1.27 bits per heavy atom. The van der Waals surface area contributed by atoms with Crippen LogP contribution in [-0.2, 0) is 0 Å². The maximum Gasteiger partial charge on any atom is 0.123 e. The van der Waals surface area contributed by atoms with Gasteiger partial charge >= 0.3 is 0 Å². The summed E-state index contributed by atoms with van der Waals surface area (Å²) in [6.07, 6.45) is 7.63. The molecular weight excluding hydrogens is 189 g/mol. The monoisotopic (exact) mass is 203 g/mol. The van der Waals surface area contributed by atoms with Gasteiger partial charge in [0.15, 0.2) is 0 Å². The van der Waals surface area contributed by atoms with Crippen LogP contribution in [-0.4, -0.2) is 6.21 Å². The van der Waals surface area contributed by atoms with E-state index in [2.05, 4.69) is 4.99 Å². The summed E-state index contributed by atoms with van der Waals surface area (Å²) in [6.45, 7) is 3.92. The topological polar surface area (TPSA) is 12.4 Å². The van der Waals surface area contributed by atoms with Crippen LogP contribution in [0.1, 0.15) is 13.8 Å². The van der Waals surface area contributed by atoms with Crippen LogP contribution in [0, 0.1) is 5.82 Å².